The van der Waals surface area contributed by atoms with Crippen LogP contribution in [-0.2, 0) is 20.0 Å². The van der Waals surface area contributed by atoms with Crippen LogP contribution in [0.3, 0.4) is 0 Å². The van der Waals surface area contributed by atoms with E-state index in [0.717, 1.165) is 10.8 Å². The molecule has 0 radical (unpaired) electrons. The summed E-state index contributed by atoms with van der Waals surface area (Å²) in [7, 11) is -7.36. The summed E-state index contributed by atoms with van der Waals surface area (Å²) in [5.41, 5.74) is 1.18. The summed E-state index contributed by atoms with van der Waals surface area (Å²) < 4.78 is 68.6. The van der Waals surface area contributed by atoms with Crippen molar-refractivity contribution >= 4 is 42.2 Å². The SMILES string of the molecule is O=S(=O)(Nc1ccc(F)c(-c2nccc3ccccc23)c1)c1ccc(N2CCCS2(=O)=O)cc1. The lowest BCUT2D eigenvalue weighted by Crippen LogP contribution is -2.25. The molecular formula is C24H20FN3O4S2. The standard InChI is InChI=1S/C24H20FN3O4S2/c25-23-11-6-18(16-22(23)24-21-5-2-1-4-17(21)12-13-26-24)27-34(31,32)20-9-7-19(8-10-20)28-14-3-15-33(28,29)30/h1-2,4-13,16,27H,3,14-15H2. The lowest BCUT2D eigenvalue weighted by molar-refractivity contribution is 0.599. The highest BCUT2D eigenvalue weighted by atomic mass is 32.2. The molecular weight excluding hydrogens is 477 g/mol. The van der Waals surface area contributed by atoms with Gasteiger partial charge in [0, 0.05) is 29.4 Å². The summed E-state index contributed by atoms with van der Waals surface area (Å²) in [5, 5.41) is 1.63. The van der Waals surface area contributed by atoms with Crippen molar-refractivity contribution < 1.29 is 21.2 Å². The summed E-state index contributed by atoms with van der Waals surface area (Å²) in [5.74, 6) is -0.449. The molecule has 4 aromatic rings. The molecule has 1 aliphatic heterocycles. The summed E-state index contributed by atoms with van der Waals surface area (Å²) >= 11 is 0. The van der Waals surface area contributed by atoms with Crippen LogP contribution in [0.25, 0.3) is 22.0 Å². The number of aromatic nitrogens is 1. The normalized spacial score (nSPS) is 15.5. The van der Waals surface area contributed by atoms with Gasteiger partial charge in [0.2, 0.25) is 10.0 Å². The third-order valence-electron chi connectivity index (χ3n) is 5.68. The van der Waals surface area contributed by atoms with Gasteiger partial charge in [0.05, 0.1) is 22.0 Å². The highest BCUT2D eigenvalue weighted by molar-refractivity contribution is 7.93. The van der Waals surface area contributed by atoms with Crippen LogP contribution < -0.4 is 9.03 Å². The Labute approximate surface area is 197 Å². The summed E-state index contributed by atoms with van der Waals surface area (Å²) in [4.78, 5) is 4.28. The molecule has 1 fully saturated rings. The molecule has 5 rings (SSSR count). The first-order chi connectivity index (χ1) is 16.2. The van der Waals surface area contributed by atoms with Gasteiger partial charge in [-0.2, -0.15) is 0 Å². The molecule has 0 amide bonds. The van der Waals surface area contributed by atoms with Gasteiger partial charge in [0.1, 0.15) is 5.82 Å². The number of sulfonamides is 2. The van der Waals surface area contributed by atoms with E-state index in [4.69, 9.17) is 0 Å². The van der Waals surface area contributed by atoms with E-state index in [1.807, 2.05) is 30.3 Å². The predicted octanol–water partition coefficient (Wildman–Crippen LogP) is 4.38. The number of hydrogen-bond acceptors (Lipinski definition) is 5. The van der Waals surface area contributed by atoms with Crippen molar-refractivity contribution in [3.05, 3.63) is 84.8 Å². The molecule has 0 saturated carbocycles. The number of pyridine rings is 1. The minimum absolute atomic E-state index is 0.0398. The van der Waals surface area contributed by atoms with E-state index >= 15 is 0 Å². The number of fused-ring (bicyclic) bond motifs is 1. The van der Waals surface area contributed by atoms with Gasteiger partial charge in [-0.3, -0.25) is 14.0 Å². The molecule has 0 bridgehead atoms. The van der Waals surface area contributed by atoms with Crippen molar-refractivity contribution in [2.75, 3.05) is 21.3 Å². The fourth-order valence-corrected chi connectivity index (χ4v) is 6.65. The molecule has 174 valence electrons. The third-order valence-corrected chi connectivity index (χ3v) is 8.95. The Hall–Kier alpha value is -3.50. The maximum absolute atomic E-state index is 14.7. The van der Waals surface area contributed by atoms with E-state index in [1.165, 1.54) is 46.8 Å². The topological polar surface area (TPSA) is 96.4 Å². The lowest BCUT2D eigenvalue weighted by Gasteiger charge is -2.17. The van der Waals surface area contributed by atoms with E-state index in [9.17, 15) is 21.2 Å². The second-order valence-electron chi connectivity index (χ2n) is 7.92. The monoisotopic (exact) mass is 497 g/mol. The van der Waals surface area contributed by atoms with Crippen LogP contribution >= 0.6 is 0 Å². The van der Waals surface area contributed by atoms with Gasteiger partial charge in [-0.15, -0.1) is 0 Å². The summed E-state index contributed by atoms with van der Waals surface area (Å²) in [6, 6.07) is 18.8. The van der Waals surface area contributed by atoms with Crippen LogP contribution in [0.4, 0.5) is 15.8 Å². The Morgan fingerprint density at radius 1 is 0.971 bits per heavy atom. The quantitative estimate of drug-likeness (QED) is 0.441. The van der Waals surface area contributed by atoms with Gasteiger partial charge >= 0.3 is 0 Å². The summed E-state index contributed by atoms with van der Waals surface area (Å²) in [6.07, 6.45) is 2.11. The molecule has 10 heteroatoms. The Kier molecular flexibility index (Phi) is 5.49. The van der Waals surface area contributed by atoms with Crippen LogP contribution in [0.1, 0.15) is 6.42 Å². The molecule has 0 unspecified atom stereocenters. The first-order valence-electron chi connectivity index (χ1n) is 10.5. The summed E-state index contributed by atoms with van der Waals surface area (Å²) in [6.45, 7) is 0.368. The van der Waals surface area contributed by atoms with E-state index < -0.39 is 25.9 Å². The van der Waals surface area contributed by atoms with E-state index in [1.54, 1.807) is 6.20 Å². The Bertz CT molecular complexity index is 1600. The molecule has 0 spiro atoms. The van der Waals surface area contributed by atoms with E-state index in [-0.39, 0.29) is 21.9 Å². The Morgan fingerprint density at radius 3 is 2.47 bits per heavy atom. The molecule has 0 aliphatic carbocycles. The first-order valence-corrected chi connectivity index (χ1v) is 13.6. The minimum Gasteiger partial charge on any atom is -0.280 e. The van der Waals surface area contributed by atoms with Gasteiger partial charge in [0.15, 0.2) is 0 Å². The van der Waals surface area contributed by atoms with Gasteiger partial charge in [-0.05, 0) is 60.3 Å². The molecule has 1 saturated heterocycles. The second-order valence-corrected chi connectivity index (χ2v) is 11.6. The molecule has 0 atom stereocenters. The predicted molar refractivity (Wildman–Crippen MR) is 130 cm³/mol. The average molecular weight is 498 g/mol. The number of hydrogen-bond donors (Lipinski definition) is 1. The average Bonchev–Trinajstić information content (AvgIpc) is 3.19. The number of anilines is 2. The zero-order valence-corrected chi connectivity index (χ0v) is 19.5. The van der Waals surface area contributed by atoms with Crippen molar-refractivity contribution in [1.29, 1.82) is 0 Å². The number of nitrogens with one attached hydrogen (secondary N) is 1. The molecule has 1 aromatic heterocycles. The number of nitrogens with zero attached hydrogens (tertiary/aromatic N) is 2. The van der Waals surface area contributed by atoms with Gasteiger partial charge in [-0.25, -0.2) is 21.2 Å². The Balaban J connectivity index is 1.45. The van der Waals surface area contributed by atoms with Crippen molar-refractivity contribution in [2.45, 2.75) is 11.3 Å². The molecule has 1 N–H and O–H groups in total. The fraction of sp³-hybridized carbons (Fsp3) is 0.125. The van der Waals surface area contributed by atoms with Crippen molar-refractivity contribution in [1.82, 2.24) is 4.98 Å². The van der Waals surface area contributed by atoms with E-state index in [0.29, 0.717) is 24.3 Å². The van der Waals surface area contributed by atoms with Crippen LogP contribution in [0.15, 0.2) is 83.9 Å². The van der Waals surface area contributed by atoms with Gasteiger partial charge in [0.25, 0.3) is 10.0 Å². The highest BCUT2D eigenvalue weighted by Crippen LogP contribution is 2.31. The molecule has 2 heterocycles. The molecule has 1 aliphatic rings. The third kappa shape index (κ3) is 4.10. The first kappa shape index (κ1) is 22.3. The molecule has 7 nitrogen and oxygen atoms in total. The van der Waals surface area contributed by atoms with Crippen molar-refractivity contribution in [3.63, 3.8) is 0 Å². The second kappa shape index (κ2) is 8.37. The zero-order valence-electron chi connectivity index (χ0n) is 17.8. The smallest absolute Gasteiger partial charge is 0.261 e. The van der Waals surface area contributed by atoms with Crippen LogP contribution in [0.2, 0.25) is 0 Å². The van der Waals surface area contributed by atoms with Crippen molar-refractivity contribution in [2.24, 2.45) is 0 Å². The zero-order chi connectivity index (χ0) is 23.9. The maximum atomic E-state index is 14.7. The minimum atomic E-state index is -4.00. The highest BCUT2D eigenvalue weighted by Gasteiger charge is 2.28. The maximum Gasteiger partial charge on any atom is 0.261 e. The Morgan fingerprint density at radius 2 is 1.74 bits per heavy atom. The fourth-order valence-electron chi connectivity index (χ4n) is 4.04. The number of benzene rings is 3. The largest absolute Gasteiger partial charge is 0.280 e. The van der Waals surface area contributed by atoms with Crippen LogP contribution in [-0.4, -0.2) is 34.1 Å². The number of halogens is 1. The molecule has 3 aromatic carbocycles. The van der Waals surface area contributed by atoms with Crippen molar-refractivity contribution in [3.8, 4) is 11.3 Å². The van der Waals surface area contributed by atoms with E-state index in [2.05, 4.69) is 9.71 Å². The van der Waals surface area contributed by atoms with Crippen LogP contribution in [0, 0.1) is 5.82 Å². The lowest BCUT2D eigenvalue weighted by atomic mass is 10.0. The van der Waals surface area contributed by atoms with Gasteiger partial charge in [-0.1, -0.05) is 24.3 Å². The van der Waals surface area contributed by atoms with Gasteiger partial charge < -0.3 is 0 Å². The number of rotatable bonds is 5. The van der Waals surface area contributed by atoms with Crippen LogP contribution in [0.5, 0.6) is 0 Å². The molecule has 34 heavy (non-hydrogen) atoms.